The molecule has 1 N–H and O–H groups in total. The summed E-state index contributed by atoms with van der Waals surface area (Å²) in [7, 11) is 0. The van der Waals surface area contributed by atoms with Gasteiger partial charge in [-0.05, 0) is 49.9 Å². The van der Waals surface area contributed by atoms with E-state index < -0.39 is 0 Å². The van der Waals surface area contributed by atoms with E-state index in [4.69, 9.17) is 0 Å². The van der Waals surface area contributed by atoms with Crippen LogP contribution in [-0.2, 0) is 0 Å². The topological polar surface area (TPSA) is 32.3 Å². The van der Waals surface area contributed by atoms with Crippen LogP contribution in [0.5, 0.6) is 0 Å². The number of likely N-dealkylation sites (tertiary alicyclic amines) is 1. The smallest absolute Gasteiger partial charge is 0.321 e. The van der Waals surface area contributed by atoms with Gasteiger partial charge in [0.05, 0.1) is 0 Å². The van der Waals surface area contributed by atoms with E-state index in [0.29, 0.717) is 5.69 Å². The molecule has 2 rings (SSSR count). The van der Waals surface area contributed by atoms with Gasteiger partial charge in [0.2, 0.25) is 0 Å². The van der Waals surface area contributed by atoms with Gasteiger partial charge in [0, 0.05) is 18.8 Å². The summed E-state index contributed by atoms with van der Waals surface area (Å²) in [6, 6.07) is 4.30. The van der Waals surface area contributed by atoms with E-state index in [1.807, 2.05) is 4.90 Å². The lowest BCUT2D eigenvalue weighted by Gasteiger charge is -2.27. The van der Waals surface area contributed by atoms with Gasteiger partial charge in [0.25, 0.3) is 0 Å². The Hall–Kier alpha value is -1.58. The Kier molecular flexibility index (Phi) is 3.61. The highest BCUT2D eigenvalue weighted by Gasteiger charge is 2.16. The maximum absolute atomic E-state index is 12.9. The Bertz CT molecular complexity index is 414. The largest absolute Gasteiger partial charge is 0.325 e. The van der Waals surface area contributed by atoms with Gasteiger partial charge in [-0.25, -0.2) is 9.18 Å². The molecule has 0 atom stereocenters. The lowest BCUT2D eigenvalue weighted by molar-refractivity contribution is 0.200. The quantitative estimate of drug-likeness (QED) is 0.798. The Morgan fingerprint density at radius 2 is 2.00 bits per heavy atom. The molecule has 1 fully saturated rings. The summed E-state index contributed by atoms with van der Waals surface area (Å²) in [5.41, 5.74) is 1.43. The molecular weight excluding hydrogens is 219 g/mol. The summed E-state index contributed by atoms with van der Waals surface area (Å²) < 4.78 is 12.9. The number of halogens is 1. The summed E-state index contributed by atoms with van der Waals surface area (Å²) in [5.74, 6) is -0.279. The number of nitrogens with one attached hydrogen (secondary N) is 1. The molecule has 1 saturated heterocycles. The third kappa shape index (κ3) is 2.96. The standard InChI is InChI=1S/C13H17FN2O/c1-10-9-11(14)5-6-12(10)15-13(17)16-7-3-2-4-8-16/h5-6,9H,2-4,7-8H2,1H3,(H,15,17). The predicted octanol–water partition coefficient (Wildman–Crippen LogP) is 3.15. The molecule has 0 bridgehead atoms. The monoisotopic (exact) mass is 236 g/mol. The van der Waals surface area contributed by atoms with Crippen LogP contribution in [0.25, 0.3) is 0 Å². The van der Waals surface area contributed by atoms with Crippen molar-refractivity contribution < 1.29 is 9.18 Å². The van der Waals surface area contributed by atoms with Crippen molar-refractivity contribution in [2.75, 3.05) is 18.4 Å². The lowest BCUT2D eigenvalue weighted by Crippen LogP contribution is -2.38. The van der Waals surface area contributed by atoms with E-state index in [-0.39, 0.29) is 11.8 Å². The van der Waals surface area contributed by atoms with E-state index in [2.05, 4.69) is 5.32 Å². The van der Waals surface area contributed by atoms with Crippen molar-refractivity contribution in [3.8, 4) is 0 Å². The third-order valence-corrected chi connectivity index (χ3v) is 3.07. The first-order valence-corrected chi connectivity index (χ1v) is 5.99. The van der Waals surface area contributed by atoms with Crippen LogP contribution in [0.15, 0.2) is 18.2 Å². The number of aryl methyl sites for hydroxylation is 1. The highest BCUT2D eigenvalue weighted by Crippen LogP contribution is 2.17. The summed E-state index contributed by atoms with van der Waals surface area (Å²) in [4.78, 5) is 13.7. The summed E-state index contributed by atoms with van der Waals surface area (Å²) in [6.07, 6.45) is 3.32. The Balaban J connectivity index is 2.02. The number of benzene rings is 1. The molecule has 92 valence electrons. The highest BCUT2D eigenvalue weighted by atomic mass is 19.1. The molecule has 0 radical (unpaired) electrons. The van der Waals surface area contributed by atoms with Crippen LogP contribution in [0, 0.1) is 12.7 Å². The van der Waals surface area contributed by atoms with Crippen molar-refractivity contribution in [3.05, 3.63) is 29.6 Å². The van der Waals surface area contributed by atoms with Gasteiger partial charge in [-0.15, -0.1) is 0 Å². The molecule has 0 unspecified atom stereocenters. The van der Waals surface area contributed by atoms with Crippen molar-refractivity contribution in [1.82, 2.24) is 4.90 Å². The van der Waals surface area contributed by atoms with Crippen molar-refractivity contribution in [3.63, 3.8) is 0 Å². The van der Waals surface area contributed by atoms with E-state index in [1.54, 1.807) is 13.0 Å². The predicted molar refractivity (Wildman–Crippen MR) is 65.6 cm³/mol. The minimum Gasteiger partial charge on any atom is -0.325 e. The SMILES string of the molecule is Cc1cc(F)ccc1NC(=O)N1CCCCC1. The number of urea groups is 1. The van der Waals surface area contributed by atoms with Crippen molar-refractivity contribution in [1.29, 1.82) is 0 Å². The highest BCUT2D eigenvalue weighted by molar-refractivity contribution is 5.90. The summed E-state index contributed by atoms with van der Waals surface area (Å²) in [6.45, 7) is 3.41. The molecule has 3 nitrogen and oxygen atoms in total. The van der Waals surface area contributed by atoms with E-state index >= 15 is 0 Å². The molecule has 17 heavy (non-hydrogen) atoms. The minimum absolute atomic E-state index is 0.0839. The molecule has 1 aliphatic rings. The number of anilines is 1. The fourth-order valence-corrected chi connectivity index (χ4v) is 2.06. The lowest BCUT2D eigenvalue weighted by atomic mass is 10.1. The van der Waals surface area contributed by atoms with E-state index in [0.717, 1.165) is 31.5 Å². The third-order valence-electron chi connectivity index (χ3n) is 3.07. The molecule has 0 aliphatic carbocycles. The number of hydrogen-bond donors (Lipinski definition) is 1. The molecule has 0 aromatic heterocycles. The average molecular weight is 236 g/mol. The fraction of sp³-hybridized carbons (Fsp3) is 0.462. The molecule has 4 heteroatoms. The van der Waals surface area contributed by atoms with Crippen LogP contribution in [0.3, 0.4) is 0 Å². The minimum atomic E-state index is -0.279. The number of rotatable bonds is 1. The number of carbonyl (C=O) groups is 1. The molecular formula is C13H17FN2O. The van der Waals surface area contributed by atoms with Gasteiger partial charge in [-0.3, -0.25) is 0 Å². The van der Waals surface area contributed by atoms with Crippen molar-refractivity contribution >= 4 is 11.7 Å². The van der Waals surface area contributed by atoms with Gasteiger partial charge < -0.3 is 10.2 Å². The molecule has 1 aromatic carbocycles. The summed E-state index contributed by atoms with van der Waals surface area (Å²) in [5, 5.41) is 2.83. The summed E-state index contributed by atoms with van der Waals surface area (Å²) >= 11 is 0. The maximum Gasteiger partial charge on any atom is 0.321 e. The van der Waals surface area contributed by atoms with Crippen LogP contribution in [0.1, 0.15) is 24.8 Å². The van der Waals surface area contributed by atoms with Gasteiger partial charge in [-0.1, -0.05) is 0 Å². The number of piperidine rings is 1. The first-order chi connectivity index (χ1) is 8.16. The second-order valence-corrected chi connectivity index (χ2v) is 4.44. The Morgan fingerprint density at radius 1 is 1.29 bits per heavy atom. The van der Waals surface area contributed by atoms with Crippen LogP contribution >= 0.6 is 0 Å². The fourth-order valence-electron chi connectivity index (χ4n) is 2.06. The first-order valence-electron chi connectivity index (χ1n) is 5.99. The molecule has 0 saturated carbocycles. The molecule has 1 aliphatic heterocycles. The second kappa shape index (κ2) is 5.17. The van der Waals surface area contributed by atoms with Crippen LogP contribution < -0.4 is 5.32 Å². The number of hydrogen-bond acceptors (Lipinski definition) is 1. The number of carbonyl (C=O) groups excluding carboxylic acids is 1. The first kappa shape index (κ1) is 11.9. The van der Waals surface area contributed by atoms with Gasteiger partial charge in [0.15, 0.2) is 0 Å². The van der Waals surface area contributed by atoms with Crippen molar-refractivity contribution in [2.45, 2.75) is 26.2 Å². The van der Waals surface area contributed by atoms with E-state index in [9.17, 15) is 9.18 Å². The van der Waals surface area contributed by atoms with Crippen molar-refractivity contribution in [2.24, 2.45) is 0 Å². The van der Waals surface area contributed by atoms with Crippen LogP contribution in [0.2, 0.25) is 0 Å². The zero-order valence-electron chi connectivity index (χ0n) is 10.0. The molecule has 1 aromatic rings. The molecule has 0 spiro atoms. The number of amides is 2. The molecule has 1 heterocycles. The van der Waals surface area contributed by atoms with Crippen LogP contribution in [0.4, 0.5) is 14.9 Å². The number of nitrogens with zero attached hydrogens (tertiary/aromatic N) is 1. The Morgan fingerprint density at radius 3 is 2.65 bits per heavy atom. The van der Waals surface area contributed by atoms with Gasteiger partial charge in [-0.2, -0.15) is 0 Å². The maximum atomic E-state index is 12.9. The molecule has 2 amide bonds. The normalized spacial score (nSPS) is 15.8. The van der Waals surface area contributed by atoms with Crippen LogP contribution in [-0.4, -0.2) is 24.0 Å². The zero-order chi connectivity index (χ0) is 12.3. The average Bonchev–Trinajstić information content (AvgIpc) is 2.34. The van der Waals surface area contributed by atoms with Gasteiger partial charge >= 0.3 is 6.03 Å². The second-order valence-electron chi connectivity index (χ2n) is 4.44. The Labute approximate surface area is 101 Å². The zero-order valence-corrected chi connectivity index (χ0v) is 10.0. The van der Waals surface area contributed by atoms with Gasteiger partial charge in [0.1, 0.15) is 5.82 Å². The van der Waals surface area contributed by atoms with E-state index in [1.165, 1.54) is 18.6 Å².